The number of amides is 2. The highest BCUT2D eigenvalue weighted by molar-refractivity contribution is 6.08. The van der Waals surface area contributed by atoms with E-state index in [1.165, 1.54) is 25.9 Å². The molecule has 0 saturated carbocycles. The Morgan fingerprint density at radius 2 is 1.79 bits per heavy atom. The van der Waals surface area contributed by atoms with E-state index in [1.54, 1.807) is 12.1 Å². The number of benzene rings is 2. The van der Waals surface area contributed by atoms with Crippen LogP contribution < -0.4 is 10.8 Å². The minimum Gasteiger partial charge on any atom is -0.374 e. The molecule has 2 atom stereocenters. The van der Waals surface area contributed by atoms with E-state index < -0.39 is 23.6 Å². The van der Waals surface area contributed by atoms with Crippen LogP contribution in [0.15, 0.2) is 72.8 Å². The van der Waals surface area contributed by atoms with Gasteiger partial charge < -0.3 is 10.4 Å². The van der Waals surface area contributed by atoms with E-state index in [4.69, 9.17) is 4.84 Å². The van der Waals surface area contributed by atoms with Crippen LogP contribution in [0.5, 0.6) is 0 Å². The third-order valence-electron chi connectivity index (χ3n) is 5.97. The molecule has 0 radical (unpaired) electrons. The summed E-state index contributed by atoms with van der Waals surface area (Å²) in [5.41, 5.74) is 4.26. The summed E-state index contributed by atoms with van der Waals surface area (Å²) in [7, 11) is 2.97. The Morgan fingerprint density at radius 3 is 2.39 bits per heavy atom. The summed E-state index contributed by atoms with van der Waals surface area (Å²) in [6.45, 7) is 1.59. The molecule has 2 aromatic rings. The number of hydrogen-bond acceptors (Lipinski definition) is 5. The topological polar surface area (TPSA) is 90.9 Å². The summed E-state index contributed by atoms with van der Waals surface area (Å²) >= 11 is 0. The van der Waals surface area contributed by atoms with Crippen molar-refractivity contribution in [1.82, 2.24) is 15.7 Å². The molecule has 3 rings (SSSR count). The summed E-state index contributed by atoms with van der Waals surface area (Å²) in [5.74, 6) is -1.26. The lowest BCUT2D eigenvalue weighted by Crippen LogP contribution is -2.64. The summed E-state index contributed by atoms with van der Waals surface area (Å²) in [5, 5.41) is 13.5. The first-order valence-electron chi connectivity index (χ1n) is 10.9. The highest BCUT2D eigenvalue weighted by atomic mass is 16.7. The van der Waals surface area contributed by atoms with Gasteiger partial charge in [-0.05, 0) is 49.1 Å². The zero-order valence-corrected chi connectivity index (χ0v) is 19.2. The van der Waals surface area contributed by atoms with Gasteiger partial charge in [-0.2, -0.15) is 0 Å². The molecule has 33 heavy (non-hydrogen) atoms. The predicted octanol–water partition coefficient (Wildman–Crippen LogP) is 3.10. The fourth-order valence-corrected chi connectivity index (χ4v) is 3.67. The Balaban J connectivity index is 1.73. The van der Waals surface area contributed by atoms with Crippen LogP contribution >= 0.6 is 0 Å². The summed E-state index contributed by atoms with van der Waals surface area (Å²) in [4.78, 5) is 32.4. The number of likely N-dealkylation sites (N-methyl/N-ethyl adjacent to an activating group) is 2. The number of hydrogen-bond donors (Lipinski definition) is 3. The van der Waals surface area contributed by atoms with E-state index in [1.807, 2.05) is 42.5 Å². The van der Waals surface area contributed by atoms with Crippen molar-refractivity contribution < 1.29 is 19.5 Å². The molecule has 0 fully saturated rings. The van der Waals surface area contributed by atoms with E-state index in [0.717, 1.165) is 29.5 Å². The smallest absolute Gasteiger partial charge is 0.273 e. The molecular weight excluding hydrogens is 418 g/mol. The van der Waals surface area contributed by atoms with Gasteiger partial charge in [-0.1, -0.05) is 72.8 Å². The zero-order valence-electron chi connectivity index (χ0n) is 19.2. The number of rotatable bonds is 9. The first-order valence-corrected chi connectivity index (χ1v) is 10.9. The molecule has 2 amide bonds. The lowest BCUT2D eigenvalue weighted by molar-refractivity contribution is -0.161. The second kappa shape index (κ2) is 11.0. The van der Waals surface area contributed by atoms with Gasteiger partial charge in [0.05, 0.1) is 6.61 Å². The maximum absolute atomic E-state index is 13.0. The maximum Gasteiger partial charge on any atom is 0.273 e. The van der Waals surface area contributed by atoms with Crippen molar-refractivity contribution in [2.45, 2.75) is 38.1 Å². The number of nitrogens with zero attached hydrogens (tertiary/aromatic N) is 1. The van der Waals surface area contributed by atoms with Crippen LogP contribution in [0.3, 0.4) is 0 Å². The Bertz CT molecular complexity index is 1020. The lowest BCUT2D eigenvalue weighted by Gasteiger charge is -2.38. The largest absolute Gasteiger partial charge is 0.374 e. The van der Waals surface area contributed by atoms with Crippen molar-refractivity contribution in [1.29, 1.82) is 0 Å². The van der Waals surface area contributed by atoms with E-state index in [2.05, 4.69) is 29.0 Å². The Labute approximate surface area is 194 Å². The number of aliphatic hydroxyl groups excluding tert-OH is 1. The van der Waals surface area contributed by atoms with Crippen molar-refractivity contribution >= 4 is 17.4 Å². The molecule has 7 heteroatoms. The predicted molar refractivity (Wildman–Crippen MR) is 127 cm³/mol. The monoisotopic (exact) mass is 449 g/mol. The van der Waals surface area contributed by atoms with E-state index >= 15 is 0 Å². The Kier molecular flexibility index (Phi) is 8.16. The standard InChI is InChI=1S/C26H31N3O4/c1-26(24(31)27-2,25(32)28-33-18-19-10-6-4-7-11-19)29(3)23(30)22-16-14-21(15-17-22)20-12-8-5-9-13-20/h4,6-8,10-17,23,30H,5,9,18H2,1-3H3,(H,27,31)(H,28,32). The van der Waals surface area contributed by atoms with Crippen LogP contribution in [0.2, 0.25) is 0 Å². The molecule has 1 aliphatic carbocycles. The van der Waals surface area contributed by atoms with Crippen molar-refractivity contribution in [3.05, 3.63) is 89.5 Å². The Morgan fingerprint density at radius 1 is 1.09 bits per heavy atom. The van der Waals surface area contributed by atoms with Crippen molar-refractivity contribution in [2.75, 3.05) is 14.1 Å². The van der Waals surface area contributed by atoms with Crippen LogP contribution in [-0.4, -0.2) is 41.5 Å². The normalized spacial score (nSPS) is 16.0. The second-order valence-corrected chi connectivity index (χ2v) is 8.10. The lowest BCUT2D eigenvalue weighted by atomic mass is 9.95. The molecule has 0 aliphatic heterocycles. The molecule has 0 bridgehead atoms. The molecule has 7 nitrogen and oxygen atoms in total. The summed E-state index contributed by atoms with van der Waals surface area (Å²) in [6, 6.07) is 16.8. The van der Waals surface area contributed by atoms with Crippen LogP contribution in [0.4, 0.5) is 0 Å². The molecule has 2 aromatic carbocycles. The average molecular weight is 450 g/mol. The fourth-order valence-electron chi connectivity index (χ4n) is 3.67. The molecular formula is C26H31N3O4. The molecule has 0 aromatic heterocycles. The SMILES string of the molecule is CNC(=O)C(C)(C(=O)NOCc1ccccc1)N(C)C(O)c1ccc(C2=CCCC=C2)cc1. The molecule has 2 unspecified atom stereocenters. The minimum atomic E-state index is -1.72. The third-order valence-corrected chi connectivity index (χ3v) is 5.97. The third kappa shape index (κ3) is 5.57. The van der Waals surface area contributed by atoms with Gasteiger partial charge in [0, 0.05) is 7.05 Å². The number of aliphatic hydroxyl groups is 1. The van der Waals surface area contributed by atoms with Gasteiger partial charge in [0.2, 0.25) is 5.91 Å². The fraction of sp³-hybridized carbons (Fsp3) is 0.308. The number of nitrogens with one attached hydrogen (secondary N) is 2. The van der Waals surface area contributed by atoms with Crippen molar-refractivity contribution in [3.8, 4) is 0 Å². The van der Waals surface area contributed by atoms with Gasteiger partial charge in [0.25, 0.3) is 5.91 Å². The first-order chi connectivity index (χ1) is 15.9. The highest BCUT2D eigenvalue weighted by Gasteiger charge is 2.47. The van der Waals surface area contributed by atoms with Crippen LogP contribution in [0.25, 0.3) is 5.57 Å². The minimum absolute atomic E-state index is 0.147. The number of carbonyl (C=O) groups excluding carboxylic acids is 2. The molecule has 0 saturated heterocycles. The first kappa shape index (κ1) is 24.4. The van der Waals surface area contributed by atoms with E-state index in [0.29, 0.717) is 5.56 Å². The number of hydroxylamine groups is 1. The van der Waals surface area contributed by atoms with Crippen molar-refractivity contribution in [2.24, 2.45) is 0 Å². The average Bonchev–Trinajstić information content (AvgIpc) is 2.88. The number of allylic oxidation sites excluding steroid dienone is 4. The highest BCUT2D eigenvalue weighted by Crippen LogP contribution is 2.28. The molecule has 3 N–H and O–H groups in total. The van der Waals surface area contributed by atoms with Gasteiger partial charge in [-0.25, -0.2) is 5.48 Å². The molecule has 0 spiro atoms. The quantitative estimate of drug-likeness (QED) is 0.311. The van der Waals surface area contributed by atoms with Gasteiger partial charge in [-0.15, -0.1) is 0 Å². The van der Waals surface area contributed by atoms with E-state index in [-0.39, 0.29) is 6.61 Å². The van der Waals surface area contributed by atoms with Gasteiger partial charge >= 0.3 is 0 Å². The molecule has 0 heterocycles. The van der Waals surface area contributed by atoms with Crippen molar-refractivity contribution in [3.63, 3.8) is 0 Å². The van der Waals surface area contributed by atoms with Crippen LogP contribution in [-0.2, 0) is 21.0 Å². The number of carbonyl (C=O) groups is 2. The molecule has 174 valence electrons. The Hall–Kier alpha value is -3.26. The van der Waals surface area contributed by atoms with Crippen LogP contribution in [0.1, 0.15) is 42.7 Å². The molecule has 1 aliphatic rings. The van der Waals surface area contributed by atoms with Gasteiger partial charge in [-0.3, -0.25) is 19.3 Å². The zero-order chi connectivity index (χ0) is 23.8. The van der Waals surface area contributed by atoms with Gasteiger partial charge in [0.1, 0.15) is 6.23 Å². The summed E-state index contributed by atoms with van der Waals surface area (Å²) < 4.78 is 0. The van der Waals surface area contributed by atoms with Gasteiger partial charge in [0.15, 0.2) is 5.54 Å². The van der Waals surface area contributed by atoms with Crippen LogP contribution in [0, 0.1) is 0 Å². The summed E-state index contributed by atoms with van der Waals surface area (Å²) in [6.07, 6.45) is 7.26. The maximum atomic E-state index is 13.0. The second-order valence-electron chi connectivity index (χ2n) is 8.10. The van der Waals surface area contributed by atoms with E-state index in [9.17, 15) is 14.7 Å².